The zero-order valence-corrected chi connectivity index (χ0v) is 11.6. The third-order valence-corrected chi connectivity index (χ3v) is 3.25. The molecule has 0 heterocycles. The highest BCUT2D eigenvalue weighted by Gasteiger charge is 2.24. The predicted molar refractivity (Wildman–Crippen MR) is 72.5 cm³/mol. The number of hydrogen-bond donors (Lipinski definition) is 2. The predicted octanol–water partition coefficient (Wildman–Crippen LogP) is 2.77. The second kappa shape index (κ2) is 6.29. The fourth-order valence-electron chi connectivity index (χ4n) is 2.51. The third kappa shape index (κ3) is 5.44. The third-order valence-electron chi connectivity index (χ3n) is 3.25. The molecular weight excluding hydrogens is 212 g/mol. The number of nitrogens with two attached hydrogens (primary N) is 1. The van der Waals surface area contributed by atoms with E-state index >= 15 is 0 Å². The van der Waals surface area contributed by atoms with E-state index in [1.165, 1.54) is 32.1 Å². The molecule has 17 heavy (non-hydrogen) atoms. The lowest BCUT2D eigenvalue weighted by molar-refractivity contribution is 0.0353. The van der Waals surface area contributed by atoms with Crippen LogP contribution in [0.1, 0.15) is 52.9 Å². The van der Waals surface area contributed by atoms with Crippen molar-refractivity contribution in [1.82, 2.24) is 5.32 Å². The molecule has 0 aliphatic heterocycles. The van der Waals surface area contributed by atoms with Gasteiger partial charge in [-0.15, -0.1) is 0 Å². The minimum absolute atomic E-state index is 0.199. The van der Waals surface area contributed by atoms with Gasteiger partial charge < -0.3 is 15.8 Å². The fraction of sp³-hybridized carbons (Fsp3) is 0.857. The first-order valence-corrected chi connectivity index (χ1v) is 6.77. The van der Waals surface area contributed by atoms with Crippen LogP contribution in [0.4, 0.5) is 0 Å². The SMILES string of the molecule is C=C(NC(CN)C1CCCCC1)OC(C)(C)C. The Hall–Kier alpha value is -0.700. The molecule has 1 rings (SSSR count). The highest BCUT2D eigenvalue weighted by molar-refractivity contribution is 4.91. The summed E-state index contributed by atoms with van der Waals surface area (Å²) >= 11 is 0. The van der Waals surface area contributed by atoms with Crippen LogP contribution in [-0.2, 0) is 4.74 Å². The largest absolute Gasteiger partial charge is 0.474 e. The van der Waals surface area contributed by atoms with E-state index in [9.17, 15) is 0 Å². The molecule has 3 heteroatoms. The van der Waals surface area contributed by atoms with Gasteiger partial charge in [-0.3, -0.25) is 0 Å². The Labute approximate surface area is 106 Å². The first kappa shape index (κ1) is 14.4. The minimum Gasteiger partial charge on any atom is -0.474 e. The molecule has 3 nitrogen and oxygen atoms in total. The number of nitrogens with one attached hydrogen (secondary N) is 1. The Bertz CT molecular complexity index is 239. The van der Waals surface area contributed by atoms with Crippen molar-refractivity contribution in [2.24, 2.45) is 11.7 Å². The van der Waals surface area contributed by atoms with Crippen LogP contribution in [0, 0.1) is 5.92 Å². The van der Waals surface area contributed by atoms with Crippen LogP contribution < -0.4 is 11.1 Å². The smallest absolute Gasteiger partial charge is 0.180 e. The average Bonchev–Trinajstić information content (AvgIpc) is 2.24. The van der Waals surface area contributed by atoms with Gasteiger partial charge in [0, 0.05) is 12.6 Å². The maximum absolute atomic E-state index is 5.86. The summed E-state index contributed by atoms with van der Waals surface area (Å²) in [5, 5.41) is 3.35. The Morgan fingerprint density at radius 2 is 1.94 bits per heavy atom. The van der Waals surface area contributed by atoms with Gasteiger partial charge in [0.25, 0.3) is 0 Å². The van der Waals surface area contributed by atoms with E-state index in [1.54, 1.807) is 0 Å². The van der Waals surface area contributed by atoms with Gasteiger partial charge in [0.15, 0.2) is 5.88 Å². The second-order valence-corrected chi connectivity index (χ2v) is 6.02. The Balaban J connectivity index is 2.42. The highest BCUT2D eigenvalue weighted by Crippen LogP contribution is 2.26. The van der Waals surface area contributed by atoms with Crippen LogP contribution in [0.2, 0.25) is 0 Å². The summed E-state index contributed by atoms with van der Waals surface area (Å²) in [6, 6.07) is 0.310. The molecule has 0 radical (unpaired) electrons. The van der Waals surface area contributed by atoms with Crippen LogP contribution in [0.15, 0.2) is 12.5 Å². The topological polar surface area (TPSA) is 47.3 Å². The zero-order chi connectivity index (χ0) is 12.9. The summed E-state index contributed by atoms with van der Waals surface area (Å²) in [4.78, 5) is 0. The summed E-state index contributed by atoms with van der Waals surface area (Å²) in [5.41, 5.74) is 5.66. The molecule has 0 saturated heterocycles. The lowest BCUT2D eigenvalue weighted by Crippen LogP contribution is -2.43. The second-order valence-electron chi connectivity index (χ2n) is 6.02. The van der Waals surface area contributed by atoms with Gasteiger partial charge in [-0.05, 0) is 46.1 Å². The molecular formula is C14H28N2O. The van der Waals surface area contributed by atoms with Gasteiger partial charge in [-0.1, -0.05) is 19.3 Å². The Morgan fingerprint density at radius 3 is 2.41 bits per heavy atom. The van der Waals surface area contributed by atoms with Crippen molar-refractivity contribution in [3.05, 3.63) is 12.5 Å². The van der Waals surface area contributed by atoms with Crippen molar-refractivity contribution < 1.29 is 4.74 Å². The average molecular weight is 240 g/mol. The van der Waals surface area contributed by atoms with Gasteiger partial charge in [0.2, 0.25) is 0 Å². The molecule has 1 atom stereocenters. The highest BCUT2D eigenvalue weighted by atomic mass is 16.5. The van der Waals surface area contributed by atoms with E-state index in [2.05, 4.69) is 11.9 Å². The van der Waals surface area contributed by atoms with Crippen LogP contribution in [0.5, 0.6) is 0 Å². The number of rotatable bonds is 5. The minimum atomic E-state index is -0.199. The molecule has 3 N–H and O–H groups in total. The van der Waals surface area contributed by atoms with Crippen molar-refractivity contribution in [1.29, 1.82) is 0 Å². The molecule has 0 amide bonds. The van der Waals surface area contributed by atoms with Crippen molar-refractivity contribution in [2.75, 3.05) is 6.54 Å². The maximum atomic E-state index is 5.86. The zero-order valence-electron chi connectivity index (χ0n) is 11.6. The molecule has 1 aliphatic rings. The van der Waals surface area contributed by atoms with E-state index in [1.807, 2.05) is 20.8 Å². The van der Waals surface area contributed by atoms with Gasteiger partial charge in [0.1, 0.15) is 5.60 Å². The normalized spacial score (nSPS) is 19.8. The van der Waals surface area contributed by atoms with Crippen molar-refractivity contribution in [3.8, 4) is 0 Å². The molecule has 1 aliphatic carbocycles. The molecule has 0 bridgehead atoms. The molecule has 0 spiro atoms. The van der Waals surface area contributed by atoms with Crippen LogP contribution in [-0.4, -0.2) is 18.2 Å². The van der Waals surface area contributed by atoms with E-state index in [4.69, 9.17) is 10.5 Å². The van der Waals surface area contributed by atoms with Gasteiger partial charge >= 0.3 is 0 Å². The molecule has 1 fully saturated rings. The summed E-state index contributed by atoms with van der Waals surface area (Å²) < 4.78 is 5.70. The monoisotopic (exact) mass is 240 g/mol. The van der Waals surface area contributed by atoms with Crippen LogP contribution >= 0.6 is 0 Å². The lowest BCUT2D eigenvalue weighted by atomic mass is 9.84. The summed E-state index contributed by atoms with van der Waals surface area (Å²) in [7, 11) is 0. The summed E-state index contributed by atoms with van der Waals surface area (Å²) in [6.45, 7) is 10.7. The van der Waals surface area contributed by atoms with Gasteiger partial charge in [0.05, 0.1) is 0 Å². The molecule has 1 saturated carbocycles. The quantitative estimate of drug-likeness (QED) is 0.726. The van der Waals surface area contributed by atoms with Gasteiger partial charge in [-0.2, -0.15) is 0 Å². The standard InChI is InChI=1S/C14H28N2O/c1-11(17-14(2,3)4)16-13(10-15)12-8-6-5-7-9-12/h12-13,16H,1,5-10,15H2,2-4H3. The van der Waals surface area contributed by atoms with Crippen molar-refractivity contribution in [3.63, 3.8) is 0 Å². The first-order valence-electron chi connectivity index (χ1n) is 6.77. The Kier molecular flexibility index (Phi) is 5.31. The molecule has 0 aromatic heterocycles. The lowest BCUT2D eigenvalue weighted by Gasteiger charge is -2.33. The van der Waals surface area contributed by atoms with E-state index < -0.39 is 0 Å². The van der Waals surface area contributed by atoms with E-state index in [0.29, 0.717) is 24.4 Å². The Morgan fingerprint density at radius 1 is 1.35 bits per heavy atom. The molecule has 0 aromatic carbocycles. The van der Waals surface area contributed by atoms with E-state index in [-0.39, 0.29) is 5.60 Å². The van der Waals surface area contributed by atoms with Crippen LogP contribution in [0.3, 0.4) is 0 Å². The van der Waals surface area contributed by atoms with E-state index in [0.717, 1.165) is 0 Å². The van der Waals surface area contributed by atoms with Crippen molar-refractivity contribution >= 4 is 0 Å². The van der Waals surface area contributed by atoms with Crippen molar-refractivity contribution in [2.45, 2.75) is 64.5 Å². The summed E-state index contributed by atoms with van der Waals surface area (Å²) in [6.07, 6.45) is 6.58. The summed E-state index contributed by atoms with van der Waals surface area (Å²) in [5.74, 6) is 1.33. The number of hydrogen-bond acceptors (Lipinski definition) is 3. The van der Waals surface area contributed by atoms with Crippen LogP contribution in [0.25, 0.3) is 0 Å². The van der Waals surface area contributed by atoms with Gasteiger partial charge in [-0.25, -0.2) is 0 Å². The molecule has 1 unspecified atom stereocenters. The first-order chi connectivity index (χ1) is 7.92. The number of ether oxygens (including phenoxy) is 1. The molecule has 0 aromatic rings. The fourth-order valence-corrected chi connectivity index (χ4v) is 2.51. The maximum Gasteiger partial charge on any atom is 0.180 e. The molecule has 100 valence electrons.